The highest BCUT2D eigenvalue weighted by Crippen LogP contribution is 2.31. The van der Waals surface area contributed by atoms with Crippen LogP contribution < -0.4 is 5.32 Å². The number of nitrogens with zero attached hydrogens (tertiary/aromatic N) is 2. The van der Waals surface area contributed by atoms with Gasteiger partial charge in [0.05, 0.1) is 12.2 Å². The Morgan fingerprint density at radius 2 is 1.90 bits per heavy atom. The van der Waals surface area contributed by atoms with E-state index in [4.69, 9.17) is 0 Å². The van der Waals surface area contributed by atoms with E-state index in [0.29, 0.717) is 18.0 Å². The molecule has 1 N–H and O–H groups in total. The van der Waals surface area contributed by atoms with Crippen molar-refractivity contribution in [2.75, 3.05) is 37.7 Å². The first-order valence-corrected chi connectivity index (χ1v) is 9.28. The van der Waals surface area contributed by atoms with Gasteiger partial charge in [-0.25, -0.2) is 0 Å². The van der Waals surface area contributed by atoms with Gasteiger partial charge in [-0.05, 0) is 25.7 Å². The molecule has 4 nitrogen and oxygen atoms in total. The van der Waals surface area contributed by atoms with Crippen LogP contribution in [-0.4, -0.2) is 65.6 Å². The molecule has 0 bridgehead atoms. The summed E-state index contributed by atoms with van der Waals surface area (Å²) in [5.41, 5.74) is 0. The molecule has 1 aliphatic carbocycles. The number of carbonyl (C=O) groups excluding carboxylic acids is 1. The summed E-state index contributed by atoms with van der Waals surface area (Å²) in [6, 6.07) is 0.0116. The van der Waals surface area contributed by atoms with Gasteiger partial charge in [-0.3, -0.25) is 15.0 Å². The Morgan fingerprint density at radius 1 is 1.20 bits per heavy atom. The van der Waals surface area contributed by atoms with Gasteiger partial charge in [0.1, 0.15) is 0 Å². The molecule has 114 valence electrons. The Morgan fingerprint density at radius 3 is 2.60 bits per heavy atom. The molecule has 20 heavy (non-hydrogen) atoms. The first-order chi connectivity index (χ1) is 9.75. The van der Waals surface area contributed by atoms with Crippen molar-refractivity contribution < 1.29 is 4.79 Å². The monoisotopic (exact) mass is 297 g/mol. The average molecular weight is 297 g/mol. The molecule has 3 fully saturated rings. The van der Waals surface area contributed by atoms with E-state index in [2.05, 4.69) is 15.1 Å². The summed E-state index contributed by atoms with van der Waals surface area (Å²) in [7, 11) is 0. The fourth-order valence-corrected chi connectivity index (χ4v) is 4.77. The normalized spacial score (nSPS) is 33.2. The van der Waals surface area contributed by atoms with Gasteiger partial charge in [0.2, 0.25) is 5.91 Å². The van der Waals surface area contributed by atoms with E-state index in [1.165, 1.54) is 50.3 Å². The zero-order valence-electron chi connectivity index (χ0n) is 12.5. The molecule has 3 rings (SSSR count). The molecule has 1 saturated carbocycles. The van der Waals surface area contributed by atoms with Crippen LogP contribution in [0.1, 0.15) is 32.6 Å². The van der Waals surface area contributed by atoms with Crippen LogP contribution >= 0.6 is 11.8 Å². The molecule has 0 spiro atoms. The molecule has 2 heterocycles. The molecule has 2 saturated heterocycles. The molecule has 2 atom stereocenters. The second kappa shape index (κ2) is 6.67. The quantitative estimate of drug-likeness (QED) is 0.850. The largest absolute Gasteiger partial charge is 0.324 e. The number of carbonyl (C=O) groups is 1. The molecule has 0 aromatic carbocycles. The number of thioether (sulfide) groups is 1. The van der Waals surface area contributed by atoms with E-state index in [0.717, 1.165) is 13.1 Å². The summed E-state index contributed by atoms with van der Waals surface area (Å²) >= 11 is 2.04. The van der Waals surface area contributed by atoms with Crippen LogP contribution in [0.3, 0.4) is 0 Å². The van der Waals surface area contributed by atoms with Crippen molar-refractivity contribution in [1.82, 2.24) is 15.1 Å². The lowest BCUT2D eigenvalue weighted by atomic mass is 10.0. The maximum atomic E-state index is 12.4. The van der Waals surface area contributed by atoms with Crippen molar-refractivity contribution in [1.29, 1.82) is 0 Å². The standard InChI is InChI=1S/C15H27N3OS/c1-12-15(19)18(7-6-17-8-10-20-11-9-17)14(16-12)13-4-2-3-5-13/h12-14,16H,2-11H2,1H3. The van der Waals surface area contributed by atoms with Crippen LogP contribution in [0.4, 0.5) is 0 Å². The van der Waals surface area contributed by atoms with Gasteiger partial charge in [0.15, 0.2) is 0 Å². The average Bonchev–Trinajstić information content (AvgIpc) is 3.08. The summed E-state index contributed by atoms with van der Waals surface area (Å²) in [6.07, 6.45) is 5.55. The number of amides is 1. The Balaban J connectivity index is 1.57. The summed E-state index contributed by atoms with van der Waals surface area (Å²) < 4.78 is 0. The Hall–Kier alpha value is -0.260. The predicted molar refractivity (Wildman–Crippen MR) is 83.8 cm³/mol. The molecular weight excluding hydrogens is 270 g/mol. The van der Waals surface area contributed by atoms with E-state index < -0.39 is 0 Å². The van der Waals surface area contributed by atoms with Crippen molar-refractivity contribution in [3.8, 4) is 0 Å². The van der Waals surface area contributed by atoms with Crippen molar-refractivity contribution in [3.05, 3.63) is 0 Å². The molecule has 1 amide bonds. The van der Waals surface area contributed by atoms with Crippen LogP contribution in [0.2, 0.25) is 0 Å². The van der Waals surface area contributed by atoms with Gasteiger partial charge in [0.25, 0.3) is 0 Å². The lowest BCUT2D eigenvalue weighted by Gasteiger charge is -2.32. The van der Waals surface area contributed by atoms with E-state index in [-0.39, 0.29) is 6.04 Å². The first-order valence-electron chi connectivity index (χ1n) is 8.12. The zero-order valence-corrected chi connectivity index (χ0v) is 13.3. The molecule has 0 aromatic heterocycles. The molecule has 2 unspecified atom stereocenters. The molecule has 5 heteroatoms. The van der Waals surface area contributed by atoms with E-state index >= 15 is 0 Å². The summed E-state index contributed by atoms with van der Waals surface area (Å²) in [6.45, 7) is 6.33. The van der Waals surface area contributed by atoms with E-state index in [9.17, 15) is 4.79 Å². The van der Waals surface area contributed by atoms with Crippen molar-refractivity contribution >= 4 is 17.7 Å². The highest BCUT2D eigenvalue weighted by molar-refractivity contribution is 7.99. The Kier molecular flexibility index (Phi) is 4.89. The van der Waals surface area contributed by atoms with Gasteiger partial charge in [-0.1, -0.05) is 12.8 Å². The van der Waals surface area contributed by atoms with Gasteiger partial charge < -0.3 is 4.90 Å². The van der Waals surface area contributed by atoms with Crippen LogP contribution in [0.15, 0.2) is 0 Å². The van der Waals surface area contributed by atoms with Crippen molar-refractivity contribution in [2.45, 2.75) is 44.8 Å². The third-order valence-electron chi connectivity index (χ3n) is 5.02. The summed E-state index contributed by atoms with van der Waals surface area (Å²) in [5.74, 6) is 3.48. The highest BCUT2D eigenvalue weighted by Gasteiger charge is 2.41. The van der Waals surface area contributed by atoms with E-state index in [1.807, 2.05) is 18.7 Å². The van der Waals surface area contributed by atoms with Crippen LogP contribution in [-0.2, 0) is 4.79 Å². The fraction of sp³-hybridized carbons (Fsp3) is 0.933. The Labute approximate surface area is 126 Å². The maximum Gasteiger partial charge on any atom is 0.240 e. The van der Waals surface area contributed by atoms with Gasteiger partial charge in [-0.15, -0.1) is 0 Å². The second-order valence-corrected chi connectivity index (χ2v) is 7.59. The molecule has 0 radical (unpaired) electrons. The Bertz CT molecular complexity index is 340. The lowest BCUT2D eigenvalue weighted by Crippen LogP contribution is -2.46. The van der Waals surface area contributed by atoms with Crippen LogP contribution in [0.5, 0.6) is 0 Å². The minimum atomic E-state index is 0.0116. The second-order valence-electron chi connectivity index (χ2n) is 6.36. The van der Waals surface area contributed by atoms with Crippen LogP contribution in [0.25, 0.3) is 0 Å². The third-order valence-corrected chi connectivity index (χ3v) is 5.96. The molecular formula is C15H27N3OS. The number of nitrogens with one attached hydrogen (secondary N) is 1. The van der Waals surface area contributed by atoms with Crippen LogP contribution in [0, 0.1) is 5.92 Å². The van der Waals surface area contributed by atoms with Gasteiger partial charge in [0, 0.05) is 37.7 Å². The molecule has 2 aliphatic heterocycles. The van der Waals surface area contributed by atoms with Gasteiger partial charge >= 0.3 is 0 Å². The summed E-state index contributed by atoms with van der Waals surface area (Å²) in [5, 5.41) is 3.54. The first kappa shape index (κ1) is 14.7. The summed E-state index contributed by atoms with van der Waals surface area (Å²) in [4.78, 5) is 17.0. The SMILES string of the molecule is CC1NC(C2CCCC2)N(CCN2CCSCC2)C1=O. The maximum absolute atomic E-state index is 12.4. The fourth-order valence-electron chi connectivity index (χ4n) is 3.79. The number of hydrogen-bond acceptors (Lipinski definition) is 4. The highest BCUT2D eigenvalue weighted by atomic mass is 32.2. The van der Waals surface area contributed by atoms with E-state index in [1.54, 1.807) is 0 Å². The lowest BCUT2D eigenvalue weighted by molar-refractivity contribution is -0.130. The minimum Gasteiger partial charge on any atom is -0.324 e. The number of rotatable bonds is 4. The van der Waals surface area contributed by atoms with Gasteiger partial charge in [-0.2, -0.15) is 11.8 Å². The zero-order chi connectivity index (χ0) is 13.9. The van der Waals surface area contributed by atoms with Crippen molar-refractivity contribution in [3.63, 3.8) is 0 Å². The minimum absolute atomic E-state index is 0.0116. The third kappa shape index (κ3) is 3.15. The topological polar surface area (TPSA) is 35.6 Å². The molecule has 3 aliphatic rings. The molecule has 0 aromatic rings. The smallest absolute Gasteiger partial charge is 0.240 e. The predicted octanol–water partition coefficient (Wildman–Crippen LogP) is 1.37. The number of hydrogen-bond donors (Lipinski definition) is 1. The van der Waals surface area contributed by atoms with Crippen molar-refractivity contribution in [2.24, 2.45) is 5.92 Å².